The molecule has 8 aromatic carbocycles. The second-order valence-electron chi connectivity index (χ2n) is 14.5. The van der Waals surface area contributed by atoms with E-state index in [2.05, 4.69) is 170 Å². The Bertz CT molecular complexity index is 3050. The second-order valence-corrected chi connectivity index (χ2v) is 14.5. The standard InChI is InChI=1S/C49H33NO2/c1-49(2)42-15-7-5-12-37(42)38-24-22-35(29-43(38)49)50(34-23-25-45-40(28-34)39-13-6-8-16-44(39)51-45)33-20-18-30(19-21-33)36-14-9-17-46-48(36)41-26-31-10-3-4-11-32(31)27-47(41)52-46/h3-29H,1-2H3. The molecule has 0 radical (unpaired) electrons. The molecule has 2 heterocycles. The molecule has 0 fully saturated rings. The van der Waals surface area contributed by atoms with Crippen LogP contribution in [-0.4, -0.2) is 0 Å². The lowest BCUT2D eigenvalue weighted by molar-refractivity contribution is 0.660. The summed E-state index contributed by atoms with van der Waals surface area (Å²) < 4.78 is 12.7. The molecule has 0 saturated carbocycles. The summed E-state index contributed by atoms with van der Waals surface area (Å²) in [6, 6.07) is 58.9. The molecule has 2 aromatic heterocycles. The first-order chi connectivity index (χ1) is 25.5. The third-order valence-electron chi connectivity index (χ3n) is 11.2. The molecule has 3 heteroatoms. The van der Waals surface area contributed by atoms with Gasteiger partial charge in [-0.15, -0.1) is 0 Å². The zero-order chi connectivity index (χ0) is 34.6. The maximum atomic E-state index is 6.42. The summed E-state index contributed by atoms with van der Waals surface area (Å²) in [5.41, 5.74) is 14.4. The third kappa shape index (κ3) is 4.20. The molecule has 3 nitrogen and oxygen atoms in total. The first kappa shape index (κ1) is 29.2. The topological polar surface area (TPSA) is 29.5 Å². The Morgan fingerprint density at radius 3 is 1.92 bits per heavy atom. The Hall–Kier alpha value is -6.58. The van der Waals surface area contributed by atoms with Crippen molar-refractivity contribution in [1.82, 2.24) is 0 Å². The van der Waals surface area contributed by atoms with Crippen LogP contribution in [0.25, 0.3) is 76.9 Å². The summed E-state index contributed by atoms with van der Waals surface area (Å²) in [5, 5.41) is 6.90. The van der Waals surface area contributed by atoms with E-state index >= 15 is 0 Å². The van der Waals surface area contributed by atoms with Gasteiger partial charge in [-0.05, 0) is 111 Å². The molecular weight excluding hydrogens is 635 g/mol. The van der Waals surface area contributed by atoms with Crippen LogP contribution in [0, 0.1) is 0 Å². The molecule has 0 bridgehead atoms. The summed E-state index contributed by atoms with van der Waals surface area (Å²) in [6.45, 7) is 4.68. The van der Waals surface area contributed by atoms with Crippen molar-refractivity contribution in [2.24, 2.45) is 0 Å². The Labute approximate surface area is 301 Å². The Balaban J connectivity index is 1.08. The van der Waals surface area contributed by atoms with Gasteiger partial charge in [0.2, 0.25) is 0 Å². The van der Waals surface area contributed by atoms with Gasteiger partial charge in [-0.25, -0.2) is 0 Å². The maximum absolute atomic E-state index is 6.42. The van der Waals surface area contributed by atoms with Crippen molar-refractivity contribution in [2.75, 3.05) is 4.90 Å². The lowest BCUT2D eigenvalue weighted by Gasteiger charge is -2.28. The maximum Gasteiger partial charge on any atom is 0.136 e. The molecule has 11 rings (SSSR count). The number of fused-ring (bicyclic) bond motifs is 10. The van der Waals surface area contributed by atoms with E-state index in [-0.39, 0.29) is 5.41 Å². The quantitative estimate of drug-likeness (QED) is 0.187. The highest BCUT2D eigenvalue weighted by molar-refractivity contribution is 6.15. The van der Waals surface area contributed by atoms with Crippen molar-refractivity contribution in [3.63, 3.8) is 0 Å². The minimum atomic E-state index is -0.112. The predicted molar refractivity (Wildman–Crippen MR) is 216 cm³/mol. The molecule has 0 unspecified atom stereocenters. The van der Waals surface area contributed by atoms with E-state index in [1.807, 2.05) is 12.1 Å². The molecule has 0 atom stereocenters. The van der Waals surface area contributed by atoms with Gasteiger partial charge in [-0.3, -0.25) is 0 Å². The minimum absolute atomic E-state index is 0.112. The first-order valence-corrected chi connectivity index (χ1v) is 17.9. The highest BCUT2D eigenvalue weighted by atomic mass is 16.3. The minimum Gasteiger partial charge on any atom is -0.456 e. The second kappa shape index (κ2) is 10.7. The highest BCUT2D eigenvalue weighted by Gasteiger charge is 2.35. The number of hydrogen-bond acceptors (Lipinski definition) is 3. The Morgan fingerprint density at radius 1 is 0.404 bits per heavy atom. The molecule has 246 valence electrons. The van der Waals surface area contributed by atoms with Crippen LogP contribution in [0.1, 0.15) is 25.0 Å². The normalized spacial score (nSPS) is 13.3. The highest BCUT2D eigenvalue weighted by Crippen LogP contribution is 2.51. The average Bonchev–Trinajstić information content (AvgIpc) is 3.81. The fourth-order valence-electron chi connectivity index (χ4n) is 8.67. The number of rotatable bonds is 4. The zero-order valence-electron chi connectivity index (χ0n) is 28.9. The van der Waals surface area contributed by atoms with Gasteiger partial charge in [0.1, 0.15) is 22.3 Å². The number of anilines is 3. The van der Waals surface area contributed by atoms with Crippen LogP contribution in [0.2, 0.25) is 0 Å². The summed E-state index contributed by atoms with van der Waals surface area (Å²) in [7, 11) is 0. The Kier molecular flexibility index (Phi) is 6.01. The molecule has 10 aromatic rings. The summed E-state index contributed by atoms with van der Waals surface area (Å²) in [6.07, 6.45) is 0. The van der Waals surface area contributed by atoms with Crippen LogP contribution in [0.4, 0.5) is 17.1 Å². The van der Waals surface area contributed by atoms with Gasteiger partial charge in [-0.2, -0.15) is 0 Å². The van der Waals surface area contributed by atoms with Gasteiger partial charge >= 0.3 is 0 Å². The van der Waals surface area contributed by atoms with Crippen molar-refractivity contribution >= 4 is 71.7 Å². The fraction of sp³-hybridized carbons (Fsp3) is 0.0612. The van der Waals surface area contributed by atoms with Crippen LogP contribution in [0.5, 0.6) is 0 Å². The summed E-state index contributed by atoms with van der Waals surface area (Å²) >= 11 is 0. The van der Waals surface area contributed by atoms with Gasteiger partial charge in [0.05, 0.1) is 0 Å². The number of furan rings is 2. The van der Waals surface area contributed by atoms with Crippen molar-refractivity contribution in [2.45, 2.75) is 19.3 Å². The van der Waals surface area contributed by atoms with Crippen molar-refractivity contribution in [3.05, 3.63) is 175 Å². The largest absolute Gasteiger partial charge is 0.456 e. The van der Waals surface area contributed by atoms with Crippen molar-refractivity contribution in [1.29, 1.82) is 0 Å². The van der Waals surface area contributed by atoms with Gasteiger partial charge in [0, 0.05) is 44.0 Å². The number of nitrogens with zero attached hydrogens (tertiary/aromatic N) is 1. The van der Waals surface area contributed by atoms with E-state index in [4.69, 9.17) is 8.83 Å². The smallest absolute Gasteiger partial charge is 0.136 e. The fourth-order valence-corrected chi connectivity index (χ4v) is 8.67. The van der Waals surface area contributed by atoms with Crippen molar-refractivity contribution in [3.8, 4) is 22.3 Å². The van der Waals surface area contributed by atoms with Crippen LogP contribution in [0.15, 0.2) is 173 Å². The van der Waals surface area contributed by atoms with E-state index in [0.717, 1.165) is 72.1 Å². The van der Waals surface area contributed by atoms with E-state index in [1.165, 1.54) is 33.0 Å². The molecule has 0 amide bonds. The average molecular weight is 668 g/mol. The van der Waals surface area contributed by atoms with E-state index in [0.29, 0.717) is 0 Å². The molecule has 0 saturated heterocycles. The first-order valence-electron chi connectivity index (χ1n) is 17.9. The molecule has 1 aliphatic rings. The van der Waals surface area contributed by atoms with Gasteiger partial charge < -0.3 is 13.7 Å². The van der Waals surface area contributed by atoms with E-state index < -0.39 is 0 Å². The molecule has 0 spiro atoms. The lowest BCUT2D eigenvalue weighted by atomic mass is 9.82. The van der Waals surface area contributed by atoms with Crippen LogP contribution >= 0.6 is 0 Å². The molecule has 0 aliphatic heterocycles. The number of benzene rings is 8. The lowest BCUT2D eigenvalue weighted by Crippen LogP contribution is -2.16. The Morgan fingerprint density at radius 2 is 1.04 bits per heavy atom. The van der Waals surface area contributed by atoms with Gasteiger partial charge in [0.25, 0.3) is 0 Å². The third-order valence-corrected chi connectivity index (χ3v) is 11.2. The van der Waals surface area contributed by atoms with Crippen molar-refractivity contribution < 1.29 is 8.83 Å². The summed E-state index contributed by atoms with van der Waals surface area (Å²) in [5.74, 6) is 0. The molecule has 0 N–H and O–H groups in total. The molecule has 52 heavy (non-hydrogen) atoms. The number of para-hydroxylation sites is 1. The molecule has 1 aliphatic carbocycles. The van der Waals surface area contributed by atoms with Gasteiger partial charge in [0.15, 0.2) is 0 Å². The number of hydrogen-bond donors (Lipinski definition) is 0. The monoisotopic (exact) mass is 667 g/mol. The van der Waals surface area contributed by atoms with Crippen LogP contribution in [-0.2, 0) is 5.41 Å². The van der Waals surface area contributed by atoms with Crippen LogP contribution < -0.4 is 4.90 Å². The van der Waals surface area contributed by atoms with E-state index in [9.17, 15) is 0 Å². The zero-order valence-corrected chi connectivity index (χ0v) is 28.9. The SMILES string of the molecule is CC1(C)c2ccccc2-c2ccc(N(c3ccc(-c4cccc5oc6cc7ccccc7cc6c45)cc3)c3ccc4oc5ccccc5c4c3)cc21. The van der Waals surface area contributed by atoms with Gasteiger partial charge in [-0.1, -0.05) is 111 Å². The van der Waals surface area contributed by atoms with Crippen LogP contribution in [0.3, 0.4) is 0 Å². The molecular formula is C49H33NO2. The predicted octanol–water partition coefficient (Wildman–Crippen LogP) is 14.1. The van der Waals surface area contributed by atoms with E-state index in [1.54, 1.807) is 0 Å². The summed E-state index contributed by atoms with van der Waals surface area (Å²) in [4.78, 5) is 2.38.